The minimum absolute atomic E-state index is 0.136. The number of aromatic nitrogens is 1. The molecule has 0 radical (unpaired) electrons. The normalized spacial score (nSPS) is 13.3. The van der Waals surface area contributed by atoms with Crippen molar-refractivity contribution in [3.8, 4) is 16.8 Å². The third kappa shape index (κ3) is 4.28. The molecule has 2 aromatic heterocycles. The van der Waals surface area contributed by atoms with Gasteiger partial charge in [-0.2, -0.15) is 0 Å². The van der Waals surface area contributed by atoms with Crippen LogP contribution in [0.15, 0.2) is 186 Å². The van der Waals surface area contributed by atoms with E-state index in [-0.39, 0.29) is 5.41 Å². The standard InChI is InChI=1S/C53H36N2O/c1-53(2)46-22-12-10-18-39(46)40-27-24-35(31-47(40)53)54(36-25-28-42-41-19-11-13-23-49(41)56-50(42)32-36)34-26-29-48-45(30-34)51-43-20-8-6-16-37(43)38-17-7-9-21-44(38)52(51)55(48)33-14-4-3-5-15-33/h3-32H,1-2H3. The topological polar surface area (TPSA) is 21.3 Å². The van der Waals surface area contributed by atoms with Crippen LogP contribution < -0.4 is 4.90 Å². The summed E-state index contributed by atoms with van der Waals surface area (Å²) in [6, 6.07) is 66.5. The summed E-state index contributed by atoms with van der Waals surface area (Å²) in [5.41, 5.74) is 13.8. The first-order valence-corrected chi connectivity index (χ1v) is 19.4. The second kappa shape index (κ2) is 11.5. The van der Waals surface area contributed by atoms with Gasteiger partial charge in [0.15, 0.2) is 0 Å². The average Bonchev–Trinajstić information content (AvgIpc) is 3.87. The molecule has 3 heteroatoms. The largest absolute Gasteiger partial charge is 0.456 e. The van der Waals surface area contributed by atoms with Crippen LogP contribution in [0.1, 0.15) is 25.0 Å². The highest BCUT2D eigenvalue weighted by molar-refractivity contribution is 6.32. The molecule has 2 heterocycles. The van der Waals surface area contributed by atoms with Crippen LogP contribution in [0.3, 0.4) is 0 Å². The molecule has 9 aromatic carbocycles. The molecule has 1 aliphatic carbocycles. The highest BCUT2D eigenvalue weighted by Crippen LogP contribution is 2.51. The summed E-state index contributed by atoms with van der Waals surface area (Å²) < 4.78 is 8.97. The van der Waals surface area contributed by atoms with Crippen LogP contribution in [0.25, 0.3) is 82.1 Å². The van der Waals surface area contributed by atoms with Crippen LogP contribution in [-0.4, -0.2) is 4.57 Å². The van der Waals surface area contributed by atoms with Crippen molar-refractivity contribution in [3.05, 3.63) is 193 Å². The van der Waals surface area contributed by atoms with Crippen LogP contribution >= 0.6 is 0 Å². The van der Waals surface area contributed by atoms with Gasteiger partial charge in [-0.1, -0.05) is 129 Å². The van der Waals surface area contributed by atoms with E-state index in [0.717, 1.165) is 44.7 Å². The number of benzene rings is 9. The van der Waals surface area contributed by atoms with Crippen LogP contribution in [0.4, 0.5) is 17.1 Å². The molecule has 264 valence electrons. The summed E-state index contributed by atoms with van der Waals surface area (Å²) in [6.07, 6.45) is 0. The lowest BCUT2D eigenvalue weighted by atomic mass is 9.82. The van der Waals surface area contributed by atoms with Crippen molar-refractivity contribution < 1.29 is 4.42 Å². The van der Waals surface area contributed by atoms with E-state index in [1.807, 2.05) is 6.07 Å². The van der Waals surface area contributed by atoms with Crippen LogP contribution in [-0.2, 0) is 5.41 Å². The molecule has 0 amide bonds. The maximum Gasteiger partial charge on any atom is 0.137 e. The van der Waals surface area contributed by atoms with Crippen LogP contribution in [0.5, 0.6) is 0 Å². The van der Waals surface area contributed by atoms with E-state index >= 15 is 0 Å². The van der Waals surface area contributed by atoms with E-state index in [2.05, 4.69) is 199 Å². The smallest absolute Gasteiger partial charge is 0.137 e. The third-order valence-corrected chi connectivity index (χ3v) is 12.3. The first kappa shape index (κ1) is 31.3. The number of hydrogen-bond acceptors (Lipinski definition) is 2. The fourth-order valence-corrected chi connectivity index (χ4v) is 9.78. The van der Waals surface area contributed by atoms with Gasteiger partial charge in [0.2, 0.25) is 0 Å². The van der Waals surface area contributed by atoms with Crippen molar-refractivity contribution in [3.63, 3.8) is 0 Å². The van der Waals surface area contributed by atoms with Crippen molar-refractivity contribution in [1.82, 2.24) is 4.57 Å². The zero-order chi connectivity index (χ0) is 37.1. The number of para-hydroxylation sites is 2. The van der Waals surface area contributed by atoms with Gasteiger partial charge in [0.25, 0.3) is 0 Å². The van der Waals surface area contributed by atoms with Crippen LogP contribution in [0, 0.1) is 0 Å². The first-order valence-electron chi connectivity index (χ1n) is 19.4. The van der Waals surface area contributed by atoms with Gasteiger partial charge in [-0.15, -0.1) is 0 Å². The van der Waals surface area contributed by atoms with E-state index in [4.69, 9.17) is 4.42 Å². The highest BCUT2D eigenvalue weighted by atomic mass is 16.3. The summed E-state index contributed by atoms with van der Waals surface area (Å²) in [4.78, 5) is 2.42. The van der Waals surface area contributed by atoms with Gasteiger partial charge >= 0.3 is 0 Å². The SMILES string of the molecule is CC1(C)c2ccccc2-c2ccc(N(c3ccc4c(c3)oc3ccccc34)c3ccc4c(c3)c3c5ccccc5c5ccccc5c3n4-c3ccccc3)cc21. The van der Waals surface area contributed by atoms with Crippen molar-refractivity contribution in [2.75, 3.05) is 4.90 Å². The number of fused-ring (bicyclic) bond motifs is 14. The number of furan rings is 1. The summed E-state index contributed by atoms with van der Waals surface area (Å²) in [6.45, 7) is 4.71. The van der Waals surface area contributed by atoms with Gasteiger partial charge in [-0.3, -0.25) is 0 Å². The maximum atomic E-state index is 6.50. The van der Waals surface area contributed by atoms with Crippen molar-refractivity contribution in [1.29, 1.82) is 0 Å². The molecule has 0 unspecified atom stereocenters. The Morgan fingerprint density at radius 1 is 0.429 bits per heavy atom. The van der Waals surface area contributed by atoms with E-state index < -0.39 is 0 Å². The van der Waals surface area contributed by atoms with E-state index in [0.29, 0.717) is 0 Å². The monoisotopic (exact) mass is 716 g/mol. The summed E-state index contributed by atoms with van der Waals surface area (Å²) in [5, 5.41) is 9.76. The maximum absolute atomic E-state index is 6.50. The summed E-state index contributed by atoms with van der Waals surface area (Å²) in [7, 11) is 0. The molecular formula is C53H36N2O. The third-order valence-electron chi connectivity index (χ3n) is 12.3. The number of hydrogen-bond donors (Lipinski definition) is 0. The molecule has 1 aliphatic rings. The second-order valence-electron chi connectivity index (χ2n) is 15.7. The van der Waals surface area contributed by atoms with Gasteiger partial charge in [-0.25, -0.2) is 0 Å². The number of anilines is 3. The molecule has 0 saturated carbocycles. The Hall–Kier alpha value is -7.10. The minimum Gasteiger partial charge on any atom is -0.456 e. The highest BCUT2D eigenvalue weighted by Gasteiger charge is 2.36. The Bertz CT molecular complexity index is 3400. The zero-order valence-electron chi connectivity index (χ0n) is 31.1. The average molecular weight is 717 g/mol. The molecule has 56 heavy (non-hydrogen) atoms. The molecule has 0 atom stereocenters. The summed E-state index contributed by atoms with van der Waals surface area (Å²) in [5.74, 6) is 0. The molecular weight excluding hydrogens is 681 g/mol. The zero-order valence-corrected chi connectivity index (χ0v) is 31.1. The molecule has 0 saturated heterocycles. The number of rotatable bonds is 4. The molecule has 0 aliphatic heterocycles. The van der Waals surface area contributed by atoms with Gasteiger partial charge in [-0.05, 0) is 99.1 Å². The van der Waals surface area contributed by atoms with Gasteiger partial charge in [0.05, 0.1) is 11.0 Å². The molecule has 0 fully saturated rings. The van der Waals surface area contributed by atoms with Crippen molar-refractivity contribution >= 4 is 82.4 Å². The Balaban J connectivity index is 1.17. The Morgan fingerprint density at radius 3 is 1.86 bits per heavy atom. The van der Waals surface area contributed by atoms with Crippen molar-refractivity contribution in [2.45, 2.75) is 19.3 Å². The Morgan fingerprint density at radius 2 is 1.02 bits per heavy atom. The molecule has 12 rings (SSSR count). The predicted octanol–water partition coefficient (Wildman–Crippen LogP) is 14.8. The van der Waals surface area contributed by atoms with Crippen LogP contribution in [0.2, 0.25) is 0 Å². The minimum atomic E-state index is -0.136. The molecule has 3 nitrogen and oxygen atoms in total. The van der Waals surface area contributed by atoms with Crippen molar-refractivity contribution in [2.24, 2.45) is 0 Å². The molecule has 11 aromatic rings. The lowest BCUT2D eigenvalue weighted by Gasteiger charge is -2.28. The molecule has 0 N–H and O–H groups in total. The molecule has 0 bridgehead atoms. The van der Waals surface area contributed by atoms with Gasteiger partial charge in [0.1, 0.15) is 11.2 Å². The first-order chi connectivity index (χ1) is 27.5. The Labute approximate surface area is 324 Å². The van der Waals surface area contributed by atoms with Gasteiger partial charge < -0.3 is 13.9 Å². The number of nitrogens with zero attached hydrogens (tertiary/aromatic N) is 2. The van der Waals surface area contributed by atoms with E-state index in [1.165, 1.54) is 65.6 Å². The van der Waals surface area contributed by atoms with E-state index in [1.54, 1.807) is 0 Å². The lowest BCUT2D eigenvalue weighted by Crippen LogP contribution is -2.16. The second-order valence-corrected chi connectivity index (χ2v) is 15.7. The predicted molar refractivity (Wildman–Crippen MR) is 235 cm³/mol. The fourth-order valence-electron chi connectivity index (χ4n) is 9.78. The van der Waals surface area contributed by atoms with Gasteiger partial charge in [0, 0.05) is 61.2 Å². The summed E-state index contributed by atoms with van der Waals surface area (Å²) >= 11 is 0. The molecule has 0 spiro atoms. The van der Waals surface area contributed by atoms with E-state index in [9.17, 15) is 0 Å². The Kier molecular flexibility index (Phi) is 6.40. The lowest BCUT2D eigenvalue weighted by molar-refractivity contribution is 0.660. The quantitative estimate of drug-likeness (QED) is 0.169. The fraction of sp³-hybridized carbons (Fsp3) is 0.0566.